The van der Waals surface area contributed by atoms with Crippen molar-refractivity contribution in [2.45, 2.75) is 6.54 Å². The van der Waals surface area contributed by atoms with Crippen LogP contribution in [0.4, 0.5) is 5.69 Å². The van der Waals surface area contributed by atoms with Crippen LogP contribution in [0.2, 0.25) is 0 Å². The van der Waals surface area contributed by atoms with Crippen molar-refractivity contribution in [2.75, 3.05) is 12.4 Å². The zero-order valence-electron chi connectivity index (χ0n) is 9.33. The summed E-state index contributed by atoms with van der Waals surface area (Å²) < 4.78 is 6.48. The van der Waals surface area contributed by atoms with Crippen LogP contribution in [0.5, 0.6) is 5.75 Å². The summed E-state index contributed by atoms with van der Waals surface area (Å²) in [6.07, 6.45) is 2.88. The quantitative estimate of drug-likeness (QED) is 0.851. The van der Waals surface area contributed by atoms with Gasteiger partial charge in [-0.3, -0.25) is 4.79 Å². The number of nitrogens with one attached hydrogen (secondary N) is 1. The lowest BCUT2D eigenvalue weighted by atomic mass is 10.3. The fourth-order valence-electron chi connectivity index (χ4n) is 1.34. The Morgan fingerprint density at radius 1 is 1.41 bits per heavy atom. The highest BCUT2D eigenvalue weighted by molar-refractivity contribution is 5.90. The van der Waals surface area contributed by atoms with Crippen molar-refractivity contribution in [1.29, 1.82) is 0 Å². The molecule has 1 heterocycles. The van der Waals surface area contributed by atoms with Gasteiger partial charge in [0, 0.05) is 5.69 Å². The summed E-state index contributed by atoms with van der Waals surface area (Å²) in [4.78, 5) is 15.4. The Bertz CT molecular complexity index is 479. The zero-order chi connectivity index (χ0) is 12.1. The lowest BCUT2D eigenvalue weighted by molar-refractivity contribution is -0.116. The smallest absolute Gasteiger partial charge is 0.246 e. The third kappa shape index (κ3) is 3.04. The van der Waals surface area contributed by atoms with Crippen molar-refractivity contribution in [3.05, 3.63) is 36.9 Å². The normalized spacial score (nSPS) is 9.94. The Balaban J connectivity index is 1.93. The number of anilines is 1. The molecule has 2 rings (SSSR count). The second-order valence-corrected chi connectivity index (χ2v) is 3.37. The predicted octanol–water partition coefficient (Wildman–Crippen LogP) is 0.925. The minimum atomic E-state index is -0.152. The van der Waals surface area contributed by atoms with E-state index in [2.05, 4.69) is 15.4 Å². The molecular formula is C11H12N4O2. The van der Waals surface area contributed by atoms with Crippen molar-refractivity contribution in [1.82, 2.24) is 14.8 Å². The second kappa shape index (κ2) is 5.11. The maximum atomic E-state index is 11.6. The minimum absolute atomic E-state index is 0.145. The second-order valence-electron chi connectivity index (χ2n) is 3.37. The van der Waals surface area contributed by atoms with Gasteiger partial charge in [0.05, 0.1) is 7.11 Å². The first kappa shape index (κ1) is 11.1. The molecule has 0 bridgehead atoms. The summed E-state index contributed by atoms with van der Waals surface area (Å²) in [5.74, 6) is 0.597. The van der Waals surface area contributed by atoms with Crippen LogP contribution < -0.4 is 10.1 Å². The number of carbonyl (C=O) groups excluding carboxylic acids is 1. The fraction of sp³-hybridized carbons (Fsp3) is 0.182. The van der Waals surface area contributed by atoms with Crippen molar-refractivity contribution < 1.29 is 9.53 Å². The third-order valence-corrected chi connectivity index (χ3v) is 2.15. The van der Waals surface area contributed by atoms with Gasteiger partial charge in [-0.2, -0.15) is 5.10 Å². The van der Waals surface area contributed by atoms with Crippen molar-refractivity contribution in [3.63, 3.8) is 0 Å². The van der Waals surface area contributed by atoms with E-state index in [0.29, 0.717) is 0 Å². The highest BCUT2D eigenvalue weighted by atomic mass is 16.5. The summed E-state index contributed by atoms with van der Waals surface area (Å²) in [5, 5.41) is 6.60. The summed E-state index contributed by atoms with van der Waals surface area (Å²) in [5.41, 5.74) is 0.718. The van der Waals surface area contributed by atoms with E-state index in [-0.39, 0.29) is 12.5 Å². The Kier molecular flexibility index (Phi) is 3.34. The van der Waals surface area contributed by atoms with Gasteiger partial charge in [-0.15, -0.1) is 0 Å². The van der Waals surface area contributed by atoms with E-state index in [1.54, 1.807) is 31.4 Å². The van der Waals surface area contributed by atoms with Gasteiger partial charge in [0.25, 0.3) is 0 Å². The van der Waals surface area contributed by atoms with Gasteiger partial charge in [-0.25, -0.2) is 9.67 Å². The molecule has 0 aliphatic rings. The summed E-state index contributed by atoms with van der Waals surface area (Å²) >= 11 is 0. The lowest BCUT2D eigenvalue weighted by Gasteiger charge is -2.05. The van der Waals surface area contributed by atoms with Gasteiger partial charge < -0.3 is 10.1 Å². The number of ether oxygens (including phenoxy) is 1. The van der Waals surface area contributed by atoms with Gasteiger partial charge in [0.15, 0.2) is 0 Å². The number of aromatic nitrogens is 3. The van der Waals surface area contributed by atoms with Gasteiger partial charge >= 0.3 is 0 Å². The Hall–Kier alpha value is -2.37. The van der Waals surface area contributed by atoms with Crippen molar-refractivity contribution >= 4 is 11.6 Å². The van der Waals surface area contributed by atoms with E-state index in [0.717, 1.165) is 11.4 Å². The largest absolute Gasteiger partial charge is 0.497 e. The number of amides is 1. The molecule has 6 heteroatoms. The molecule has 0 saturated carbocycles. The first-order chi connectivity index (χ1) is 8.28. The summed E-state index contributed by atoms with van der Waals surface area (Å²) in [6.45, 7) is 0.145. The van der Waals surface area contributed by atoms with E-state index in [4.69, 9.17) is 4.74 Å². The maximum Gasteiger partial charge on any atom is 0.246 e. The minimum Gasteiger partial charge on any atom is -0.497 e. The number of hydrogen-bond acceptors (Lipinski definition) is 4. The highest BCUT2D eigenvalue weighted by Gasteiger charge is 2.03. The summed E-state index contributed by atoms with van der Waals surface area (Å²) in [6, 6.07) is 7.12. The molecule has 0 spiro atoms. The van der Waals surface area contributed by atoms with Crippen LogP contribution in [0.15, 0.2) is 36.9 Å². The van der Waals surface area contributed by atoms with Gasteiger partial charge in [-0.05, 0) is 24.3 Å². The first-order valence-electron chi connectivity index (χ1n) is 5.04. The number of benzene rings is 1. The average Bonchev–Trinajstić information content (AvgIpc) is 2.82. The monoisotopic (exact) mass is 232 g/mol. The summed E-state index contributed by atoms with van der Waals surface area (Å²) in [7, 11) is 1.60. The maximum absolute atomic E-state index is 11.6. The Morgan fingerprint density at radius 3 is 2.76 bits per heavy atom. The topological polar surface area (TPSA) is 69.0 Å². The van der Waals surface area contributed by atoms with Crippen LogP contribution in [0, 0.1) is 0 Å². The molecule has 2 aromatic rings. The number of nitrogens with zero attached hydrogens (tertiary/aromatic N) is 3. The van der Waals surface area contributed by atoms with Crippen LogP contribution in [0.25, 0.3) is 0 Å². The molecule has 1 aromatic carbocycles. The van der Waals surface area contributed by atoms with E-state index < -0.39 is 0 Å². The van der Waals surface area contributed by atoms with Gasteiger partial charge in [0.1, 0.15) is 24.9 Å². The first-order valence-corrected chi connectivity index (χ1v) is 5.04. The van der Waals surface area contributed by atoms with Crippen LogP contribution in [-0.4, -0.2) is 27.8 Å². The molecule has 88 valence electrons. The van der Waals surface area contributed by atoms with Crippen LogP contribution >= 0.6 is 0 Å². The van der Waals surface area contributed by atoms with Crippen LogP contribution in [0.1, 0.15) is 0 Å². The van der Waals surface area contributed by atoms with Gasteiger partial charge in [0.2, 0.25) is 5.91 Å². The molecule has 0 aliphatic carbocycles. The molecule has 0 unspecified atom stereocenters. The molecule has 6 nitrogen and oxygen atoms in total. The number of carbonyl (C=O) groups is 1. The molecule has 0 radical (unpaired) electrons. The Labute approximate surface area is 98.2 Å². The van der Waals surface area contributed by atoms with E-state index >= 15 is 0 Å². The highest BCUT2D eigenvalue weighted by Crippen LogP contribution is 2.14. The SMILES string of the molecule is COc1ccc(NC(=O)Cn2cncn2)cc1. The van der Waals surface area contributed by atoms with E-state index in [1.807, 2.05) is 0 Å². The third-order valence-electron chi connectivity index (χ3n) is 2.15. The Morgan fingerprint density at radius 2 is 2.18 bits per heavy atom. The molecule has 1 aromatic heterocycles. The molecule has 1 N–H and O–H groups in total. The molecule has 0 fully saturated rings. The van der Waals surface area contributed by atoms with E-state index in [9.17, 15) is 4.79 Å². The standard InChI is InChI=1S/C11H12N4O2/c1-17-10-4-2-9(3-5-10)14-11(16)6-15-8-12-7-13-15/h2-5,7-8H,6H2,1H3,(H,14,16). The number of rotatable bonds is 4. The van der Waals surface area contributed by atoms with E-state index in [1.165, 1.54) is 17.3 Å². The lowest BCUT2D eigenvalue weighted by Crippen LogP contribution is -2.18. The average molecular weight is 232 g/mol. The number of hydrogen-bond donors (Lipinski definition) is 1. The number of methoxy groups -OCH3 is 1. The molecule has 0 aliphatic heterocycles. The molecule has 0 atom stereocenters. The molecular weight excluding hydrogens is 220 g/mol. The molecule has 0 saturated heterocycles. The molecule has 17 heavy (non-hydrogen) atoms. The van der Waals surface area contributed by atoms with Crippen molar-refractivity contribution in [3.8, 4) is 5.75 Å². The van der Waals surface area contributed by atoms with Crippen LogP contribution in [-0.2, 0) is 11.3 Å². The zero-order valence-corrected chi connectivity index (χ0v) is 9.33. The van der Waals surface area contributed by atoms with Gasteiger partial charge in [-0.1, -0.05) is 0 Å². The van der Waals surface area contributed by atoms with Crippen LogP contribution in [0.3, 0.4) is 0 Å². The molecule has 1 amide bonds. The fourth-order valence-corrected chi connectivity index (χ4v) is 1.34. The predicted molar refractivity (Wildman–Crippen MR) is 61.6 cm³/mol. The van der Waals surface area contributed by atoms with Crippen molar-refractivity contribution in [2.24, 2.45) is 0 Å².